The Kier molecular flexibility index (Phi) is 6.00. The lowest BCUT2D eigenvalue weighted by atomic mass is 10.1. The molecule has 5 nitrogen and oxygen atoms in total. The second-order valence-corrected chi connectivity index (χ2v) is 6.44. The number of rotatable bonds is 6. The van der Waals surface area contributed by atoms with E-state index in [-0.39, 0.29) is 11.5 Å². The Hall–Kier alpha value is -2.68. The van der Waals surface area contributed by atoms with Gasteiger partial charge in [0.1, 0.15) is 5.75 Å². The average Bonchev–Trinajstić information content (AvgIpc) is 2.82. The minimum Gasteiger partial charge on any atom is -0.473 e. The van der Waals surface area contributed by atoms with Crippen molar-refractivity contribution in [3.05, 3.63) is 60.0 Å². The molecule has 0 spiro atoms. The first-order valence-electron chi connectivity index (χ1n) is 8.31. The van der Waals surface area contributed by atoms with Crippen LogP contribution >= 0.6 is 11.6 Å². The Morgan fingerprint density at radius 2 is 2.12 bits per heavy atom. The molecule has 6 heteroatoms. The van der Waals surface area contributed by atoms with Crippen LogP contribution in [0.1, 0.15) is 13.3 Å². The third-order valence-electron chi connectivity index (χ3n) is 3.72. The summed E-state index contributed by atoms with van der Waals surface area (Å²) in [7, 11) is 0. The minimum atomic E-state index is -0.917. The molecule has 0 radical (unpaired) electrons. The predicted octanol–water partition coefficient (Wildman–Crippen LogP) is 3.15. The van der Waals surface area contributed by atoms with Crippen LogP contribution in [0.25, 0.3) is 0 Å². The summed E-state index contributed by atoms with van der Waals surface area (Å²) in [6, 6.07) is 7.31. The summed E-state index contributed by atoms with van der Waals surface area (Å²) in [5.74, 6) is 6.49. The molecule has 3 rings (SSSR count). The van der Waals surface area contributed by atoms with Crippen molar-refractivity contribution in [1.29, 1.82) is 0 Å². The van der Waals surface area contributed by atoms with E-state index in [1.54, 1.807) is 6.21 Å². The van der Waals surface area contributed by atoms with Crippen molar-refractivity contribution in [1.82, 2.24) is 5.32 Å². The van der Waals surface area contributed by atoms with E-state index < -0.39 is 6.35 Å². The number of hydrogen-bond donors (Lipinski definition) is 3. The summed E-state index contributed by atoms with van der Waals surface area (Å²) in [5, 5.41) is 16.1. The number of alkyl halides is 1. The smallest absolute Gasteiger partial charge is 0.202 e. The number of halogens is 1. The molecule has 1 heterocycles. The van der Waals surface area contributed by atoms with Gasteiger partial charge < -0.3 is 20.5 Å². The molecule has 3 N–H and O–H groups in total. The molecule has 3 atom stereocenters. The highest BCUT2D eigenvalue weighted by Gasteiger charge is 2.10. The Balaban J connectivity index is 1.53. The van der Waals surface area contributed by atoms with Gasteiger partial charge in [0, 0.05) is 17.1 Å². The van der Waals surface area contributed by atoms with E-state index in [1.165, 1.54) is 0 Å². The number of aliphatic hydroxyl groups excluding tert-OH is 1. The molecular formula is C20H20ClN3O2. The number of nitrogens with zero attached hydrogens (tertiary/aromatic N) is 1. The quantitative estimate of drug-likeness (QED) is 0.409. The summed E-state index contributed by atoms with van der Waals surface area (Å²) in [6.45, 7) is 1.90. The highest BCUT2D eigenvalue weighted by Crippen LogP contribution is 2.19. The number of anilines is 1. The van der Waals surface area contributed by atoms with Gasteiger partial charge in [-0.15, -0.1) is 11.6 Å². The zero-order valence-electron chi connectivity index (χ0n) is 14.3. The fraction of sp³-hybridized carbons (Fsp3) is 0.250. The molecule has 2 aliphatic rings. The fourth-order valence-corrected chi connectivity index (χ4v) is 2.61. The molecule has 1 aromatic rings. The van der Waals surface area contributed by atoms with Crippen LogP contribution in [0.5, 0.6) is 5.75 Å². The highest BCUT2D eigenvalue weighted by molar-refractivity contribution is 6.22. The number of ether oxygens (including phenoxy) is 1. The minimum absolute atomic E-state index is 0.0153. The van der Waals surface area contributed by atoms with Gasteiger partial charge in [0.2, 0.25) is 6.35 Å². The SMILES string of the molecule is CC1=CC(Oc2ccc(NC(O)NC3=CCC(Cl)C=C3)cc2)C#CC=N1. The summed E-state index contributed by atoms with van der Waals surface area (Å²) in [6.07, 6.45) is 8.62. The first kappa shape index (κ1) is 18.1. The number of benzene rings is 1. The molecule has 0 aromatic heterocycles. The van der Waals surface area contributed by atoms with Crippen LogP contribution in [0.3, 0.4) is 0 Å². The van der Waals surface area contributed by atoms with Gasteiger partial charge in [-0.25, -0.2) is 0 Å². The Bertz CT molecular complexity index is 816. The van der Waals surface area contributed by atoms with Crippen molar-refractivity contribution in [3.63, 3.8) is 0 Å². The lowest BCUT2D eigenvalue weighted by Crippen LogP contribution is -2.35. The van der Waals surface area contributed by atoms with E-state index in [2.05, 4.69) is 27.5 Å². The van der Waals surface area contributed by atoms with Crippen LogP contribution in [-0.4, -0.2) is 29.2 Å². The number of nitrogens with one attached hydrogen (secondary N) is 2. The van der Waals surface area contributed by atoms with Crippen LogP contribution < -0.4 is 15.4 Å². The molecule has 134 valence electrons. The van der Waals surface area contributed by atoms with Gasteiger partial charge in [0.25, 0.3) is 0 Å². The molecule has 0 amide bonds. The molecule has 0 fully saturated rings. The molecular weight excluding hydrogens is 350 g/mol. The fourth-order valence-electron chi connectivity index (χ4n) is 2.45. The van der Waals surface area contributed by atoms with Gasteiger partial charge in [-0.05, 0) is 55.7 Å². The first-order valence-corrected chi connectivity index (χ1v) is 8.74. The van der Waals surface area contributed by atoms with E-state index in [0.29, 0.717) is 5.75 Å². The van der Waals surface area contributed by atoms with Crippen LogP contribution in [0.2, 0.25) is 0 Å². The largest absolute Gasteiger partial charge is 0.473 e. The maximum atomic E-state index is 10.1. The highest BCUT2D eigenvalue weighted by atomic mass is 35.5. The monoisotopic (exact) mass is 369 g/mol. The van der Waals surface area contributed by atoms with Crippen molar-refractivity contribution in [2.45, 2.75) is 31.2 Å². The van der Waals surface area contributed by atoms with Gasteiger partial charge in [-0.1, -0.05) is 18.1 Å². The summed E-state index contributed by atoms with van der Waals surface area (Å²) in [4.78, 5) is 4.14. The van der Waals surface area contributed by atoms with Gasteiger partial charge in [-0.3, -0.25) is 4.99 Å². The van der Waals surface area contributed by atoms with Crippen molar-refractivity contribution >= 4 is 23.5 Å². The molecule has 0 bridgehead atoms. The summed E-state index contributed by atoms with van der Waals surface area (Å²) < 4.78 is 5.83. The Morgan fingerprint density at radius 1 is 1.31 bits per heavy atom. The molecule has 1 aliphatic heterocycles. The maximum Gasteiger partial charge on any atom is 0.202 e. The standard InChI is InChI=1S/C20H20ClN3O2/c1-14-13-19(3-2-12-22-14)26-18-10-8-17(9-11-18)24-20(25)23-16-6-4-15(21)5-7-16/h4,6-13,15,19-20,23-25H,5H2,1H3. The second kappa shape index (κ2) is 8.61. The Labute approximate surface area is 158 Å². The zero-order valence-corrected chi connectivity index (χ0v) is 15.1. The number of hydrogen-bond acceptors (Lipinski definition) is 5. The van der Waals surface area contributed by atoms with Crippen molar-refractivity contribution in [2.24, 2.45) is 4.99 Å². The van der Waals surface area contributed by atoms with Crippen molar-refractivity contribution < 1.29 is 9.84 Å². The number of aliphatic hydroxyl groups is 1. The van der Waals surface area contributed by atoms with Crippen LogP contribution in [-0.2, 0) is 0 Å². The summed E-state index contributed by atoms with van der Waals surface area (Å²) >= 11 is 5.98. The van der Waals surface area contributed by atoms with Crippen molar-refractivity contribution in [2.75, 3.05) is 5.32 Å². The van der Waals surface area contributed by atoms with Gasteiger partial charge >= 0.3 is 0 Å². The molecule has 0 saturated carbocycles. The molecule has 1 aromatic carbocycles. The predicted molar refractivity (Wildman–Crippen MR) is 105 cm³/mol. The number of allylic oxidation sites excluding steroid dienone is 4. The van der Waals surface area contributed by atoms with Crippen molar-refractivity contribution in [3.8, 4) is 17.6 Å². The van der Waals surface area contributed by atoms with Crippen LogP contribution in [0, 0.1) is 11.8 Å². The maximum absolute atomic E-state index is 10.1. The molecule has 3 unspecified atom stereocenters. The first-order chi connectivity index (χ1) is 12.6. The van der Waals surface area contributed by atoms with Gasteiger partial charge in [-0.2, -0.15) is 0 Å². The van der Waals surface area contributed by atoms with E-state index in [1.807, 2.05) is 55.5 Å². The molecule has 26 heavy (non-hydrogen) atoms. The molecule has 0 saturated heterocycles. The number of aliphatic imine (C=N–C) groups is 1. The van der Waals surface area contributed by atoms with Crippen LogP contribution in [0.4, 0.5) is 5.69 Å². The van der Waals surface area contributed by atoms with Crippen LogP contribution in [0.15, 0.2) is 65.0 Å². The normalized spacial score (nSPS) is 22.3. The van der Waals surface area contributed by atoms with Gasteiger partial charge in [0.15, 0.2) is 6.10 Å². The van der Waals surface area contributed by atoms with E-state index in [4.69, 9.17) is 16.3 Å². The summed E-state index contributed by atoms with van der Waals surface area (Å²) in [5.41, 5.74) is 2.44. The van der Waals surface area contributed by atoms with E-state index >= 15 is 0 Å². The topological polar surface area (TPSA) is 65.9 Å². The second-order valence-electron chi connectivity index (χ2n) is 5.88. The molecule has 1 aliphatic carbocycles. The van der Waals surface area contributed by atoms with Gasteiger partial charge in [0.05, 0.1) is 11.6 Å². The third-order valence-corrected chi connectivity index (χ3v) is 4.05. The average molecular weight is 370 g/mol. The Morgan fingerprint density at radius 3 is 2.85 bits per heavy atom. The lowest BCUT2D eigenvalue weighted by Gasteiger charge is -2.20. The zero-order chi connectivity index (χ0) is 18.4. The van der Waals surface area contributed by atoms with E-state index in [9.17, 15) is 5.11 Å². The lowest BCUT2D eigenvalue weighted by molar-refractivity contribution is 0.179. The van der Waals surface area contributed by atoms with E-state index in [0.717, 1.165) is 23.5 Å². The third kappa shape index (κ3) is 5.41.